The van der Waals surface area contributed by atoms with Crippen LogP contribution in [0.2, 0.25) is 0 Å². The average molecular weight is 237 g/mol. The summed E-state index contributed by atoms with van der Waals surface area (Å²) >= 11 is 0. The van der Waals surface area contributed by atoms with Gasteiger partial charge in [0.15, 0.2) is 0 Å². The normalized spacial score (nSPS) is 19.1. The van der Waals surface area contributed by atoms with Crippen molar-refractivity contribution in [1.82, 2.24) is 4.98 Å². The van der Waals surface area contributed by atoms with Gasteiger partial charge >= 0.3 is 11.9 Å². The first-order valence-electron chi connectivity index (χ1n) is 4.97. The molecule has 1 atom stereocenters. The highest BCUT2D eigenvalue weighted by atomic mass is 16.6. The number of nitrogens with zero attached hydrogens (tertiary/aromatic N) is 1. The largest absolute Gasteiger partial charge is 0.495 e. The van der Waals surface area contributed by atoms with Crippen LogP contribution in [0.5, 0.6) is 11.5 Å². The van der Waals surface area contributed by atoms with Gasteiger partial charge in [-0.1, -0.05) is 0 Å². The average Bonchev–Trinajstić information content (AvgIpc) is 2.67. The van der Waals surface area contributed by atoms with E-state index in [0.29, 0.717) is 17.1 Å². The topological polar surface area (TPSA) is 74.7 Å². The number of carbonyl (C=O) groups excluding carboxylic acids is 2. The Morgan fingerprint density at radius 2 is 1.82 bits per heavy atom. The molecule has 0 bridgehead atoms. The Kier molecular flexibility index (Phi) is 2.95. The summed E-state index contributed by atoms with van der Waals surface area (Å²) in [6.45, 7) is 0. The molecule has 2 rings (SSSR count). The lowest BCUT2D eigenvalue weighted by molar-refractivity contribution is -0.152. The molecule has 0 aliphatic carbocycles. The summed E-state index contributed by atoms with van der Waals surface area (Å²) in [6, 6.07) is 0. The van der Waals surface area contributed by atoms with Gasteiger partial charge in [-0.25, -0.2) is 0 Å². The van der Waals surface area contributed by atoms with E-state index in [1.807, 2.05) is 0 Å². The molecule has 1 aliphatic rings. The number of cyclic esters (lactones) is 2. The van der Waals surface area contributed by atoms with Gasteiger partial charge in [0.2, 0.25) is 0 Å². The van der Waals surface area contributed by atoms with Crippen molar-refractivity contribution in [3.8, 4) is 11.5 Å². The minimum Gasteiger partial charge on any atom is -0.495 e. The third-order valence-corrected chi connectivity index (χ3v) is 2.57. The SMILES string of the molecule is COc1cncc(OC)c1C1CC(=O)OC1=O. The highest BCUT2D eigenvalue weighted by molar-refractivity contribution is 5.98. The van der Waals surface area contributed by atoms with Crippen molar-refractivity contribution in [2.75, 3.05) is 14.2 Å². The molecule has 90 valence electrons. The fourth-order valence-electron chi connectivity index (χ4n) is 1.80. The molecule has 0 amide bonds. The molecule has 1 unspecified atom stereocenters. The van der Waals surface area contributed by atoms with Gasteiger partial charge in [-0.05, 0) is 0 Å². The van der Waals surface area contributed by atoms with Gasteiger partial charge in [0.25, 0.3) is 0 Å². The van der Waals surface area contributed by atoms with E-state index in [-0.39, 0.29) is 6.42 Å². The minimum absolute atomic E-state index is 0.00440. The number of ether oxygens (including phenoxy) is 3. The van der Waals surface area contributed by atoms with Crippen molar-refractivity contribution in [2.45, 2.75) is 12.3 Å². The molecule has 1 aliphatic heterocycles. The minimum atomic E-state index is -0.685. The molecule has 0 N–H and O–H groups in total. The molecule has 1 aromatic rings. The molecule has 0 saturated carbocycles. The van der Waals surface area contributed by atoms with E-state index in [1.54, 1.807) is 0 Å². The van der Waals surface area contributed by atoms with Crippen LogP contribution in [0.4, 0.5) is 0 Å². The molecule has 6 nitrogen and oxygen atoms in total. The maximum atomic E-state index is 11.5. The second-order valence-corrected chi connectivity index (χ2v) is 3.51. The van der Waals surface area contributed by atoms with Gasteiger partial charge in [-0.2, -0.15) is 0 Å². The van der Waals surface area contributed by atoms with Gasteiger partial charge in [-0.3, -0.25) is 14.6 Å². The summed E-state index contributed by atoms with van der Waals surface area (Å²) in [5.74, 6) is -1.00. The van der Waals surface area contributed by atoms with Crippen LogP contribution in [0.15, 0.2) is 12.4 Å². The van der Waals surface area contributed by atoms with Crippen molar-refractivity contribution >= 4 is 11.9 Å². The van der Waals surface area contributed by atoms with Crippen molar-refractivity contribution in [3.05, 3.63) is 18.0 Å². The number of methoxy groups -OCH3 is 2. The second kappa shape index (κ2) is 4.40. The molecule has 1 saturated heterocycles. The fraction of sp³-hybridized carbons (Fsp3) is 0.364. The first kappa shape index (κ1) is 11.4. The van der Waals surface area contributed by atoms with Crippen molar-refractivity contribution in [3.63, 3.8) is 0 Å². The number of pyridine rings is 1. The number of esters is 2. The maximum Gasteiger partial charge on any atom is 0.321 e. The highest BCUT2D eigenvalue weighted by Crippen LogP contribution is 2.39. The van der Waals surface area contributed by atoms with E-state index in [4.69, 9.17) is 9.47 Å². The third kappa shape index (κ3) is 1.93. The smallest absolute Gasteiger partial charge is 0.321 e. The van der Waals surface area contributed by atoms with Gasteiger partial charge in [0, 0.05) is 0 Å². The summed E-state index contributed by atoms with van der Waals surface area (Å²) in [5, 5.41) is 0. The van der Waals surface area contributed by atoms with Crippen LogP contribution >= 0.6 is 0 Å². The monoisotopic (exact) mass is 237 g/mol. The summed E-state index contributed by atoms with van der Waals surface area (Å²) < 4.78 is 14.8. The number of hydrogen-bond acceptors (Lipinski definition) is 6. The molecule has 2 heterocycles. The van der Waals surface area contributed by atoms with Gasteiger partial charge < -0.3 is 14.2 Å². The second-order valence-electron chi connectivity index (χ2n) is 3.51. The van der Waals surface area contributed by atoms with Crippen molar-refractivity contribution in [1.29, 1.82) is 0 Å². The fourth-order valence-corrected chi connectivity index (χ4v) is 1.80. The number of aromatic nitrogens is 1. The zero-order valence-electron chi connectivity index (χ0n) is 9.43. The zero-order chi connectivity index (χ0) is 12.4. The Morgan fingerprint density at radius 3 is 2.24 bits per heavy atom. The number of carbonyl (C=O) groups is 2. The predicted molar refractivity (Wildman–Crippen MR) is 55.8 cm³/mol. The number of rotatable bonds is 3. The molecule has 0 aromatic carbocycles. The summed E-state index contributed by atoms with van der Waals surface area (Å²) in [6.07, 6.45) is 2.93. The van der Waals surface area contributed by atoms with E-state index in [9.17, 15) is 9.59 Å². The van der Waals surface area contributed by atoms with E-state index in [2.05, 4.69) is 9.72 Å². The van der Waals surface area contributed by atoms with Crippen LogP contribution in [0, 0.1) is 0 Å². The Balaban J connectivity index is 2.49. The zero-order valence-corrected chi connectivity index (χ0v) is 9.43. The predicted octanol–water partition coefficient (Wildman–Crippen LogP) is 0.656. The lowest BCUT2D eigenvalue weighted by Crippen LogP contribution is -2.09. The van der Waals surface area contributed by atoms with Crippen LogP contribution in [-0.4, -0.2) is 31.1 Å². The van der Waals surface area contributed by atoms with Crippen LogP contribution in [0.3, 0.4) is 0 Å². The third-order valence-electron chi connectivity index (χ3n) is 2.57. The quantitative estimate of drug-likeness (QED) is 0.567. The molecule has 1 fully saturated rings. The first-order chi connectivity index (χ1) is 8.17. The van der Waals surface area contributed by atoms with E-state index in [0.717, 1.165) is 0 Å². The Bertz CT molecular complexity index is 449. The van der Waals surface area contributed by atoms with Crippen LogP contribution < -0.4 is 9.47 Å². The summed E-state index contributed by atoms with van der Waals surface area (Å²) in [5.41, 5.74) is 0.501. The van der Waals surface area contributed by atoms with Crippen molar-refractivity contribution < 1.29 is 23.8 Å². The van der Waals surface area contributed by atoms with Crippen LogP contribution in [0.1, 0.15) is 17.9 Å². The van der Waals surface area contributed by atoms with Gasteiger partial charge in [0.1, 0.15) is 17.4 Å². The summed E-state index contributed by atoms with van der Waals surface area (Å²) in [7, 11) is 2.92. The van der Waals surface area contributed by atoms with Crippen LogP contribution in [-0.2, 0) is 14.3 Å². The number of hydrogen-bond donors (Lipinski definition) is 0. The summed E-state index contributed by atoms with van der Waals surface area (Å²) in [4.78, 5) is 26.6. The van der Waals surface area contributed by atoms with Crippen molar-refractivity contribution in [2.24, 2.45) is 0 Å². The Hall–Kier alpha value is -2.11. The molecule has 1 aromatic heterocycles. The highest BCUT2D eigenvalue weighted by Gasteiger charge is 2.38. The lowest BCUT2D eigenvalue weighted by Gasteiger charge is -2.14. The molecular formula is C11H11NO5. The van der Waals surface area contributed by atoms with E-state index >= 15 is 0 Å². The Morgan fingerprint density at radius 1 is 1.24 bits per heavy atom. The van der Waals surface area contributed by atoms with Crippen LogP contribution in [0.25, 0.3) is 0 Å². The molecule has 6 heteroatoms. The van der Waals surface area contributed by atoms with E-state index in [1.165, 1.54) is 26.6 Å². The lowest BCUT2D eigenvalue weighted by atomic mass is 9.97. The Labute approximate surface area is 97.5 Å². The standard InChI is InChI=1S/C11H11NO5/c1-15-7-4-12-5-8(16-2)10(7)6-3-9(13)17-11(6)14/h4-6H,3H2,1-2H3. The molecule has 0 radical (unpaired) electrons. The van der Waals surface area contributed by atoms with E-state index < -0.39 is 17.9 Å². The maximum absolute atomic E-state index is 11.5. The first-order valence-corrected chi connectivity index (χ1v) is 4.97. The molecular weight excluding hydrogens is 226 g/mol. The molecule has 0 spiro atoms. The van der Waals surface area contributed by atoms with Gasteiger partial charge in [-0.15, -0.1) is 0 Å². The molecule has 17 heavy (non-hydrogen) atoms. The van der Waals surface area contributed by atoms with Gasteiger partial charge in [0.05, 0.1) is 38.6 Å².